The lowest BCUT2D eigenvalue weighted by Gasteiger charge is -2.30. The minimum absolute atomic E-state index is 1.09. The number of hydrogen-bond donors (Lipinski definition) is 0. The molecule has 0 bridgehead atoms. The van der Waals surface area contributed by atoms with E-state index in [4.69, 9.17) is 0 Å². The van der Waals surface area contributed by atoms with Crippen LogP contribution in [0, 0.1) is 6.92 Å². The maximum Gasteiger partial charge on any atom is 0.0618 e. The summed E-state index contributed by atoms with van der Waals surface area (Å²) in [5.41, 5.74) is 22.3. The first-order valence-corrected chi connectivity index (χ1v) is 33.5. The average molecular weight is 1230 g/mol. The maximum atomic E-state index is 2.47. The van der Waals surface area contributed by atoms with Crippen LogP contribution in [0.1, 0.15) is 5.56 Å². The first-order chi connectivity index (χ1) is 48.0. The summed E-state index contributed by atoms with van der Waals surface area (Å²) in [6.45, 7) is 2.27. The smallest absolute Gasteiger partial charge is 0.0618 e. The molecule has 0 amide bonds. The van der Waals surface area contributed by atoms with Crippen LogP contribution in [-0.2, 0) is 0 Å². The van der Waals surface area contributed by atoms with Gasteiger partial charge in [-0.05, 0) is 199 Å². The maximum absolute atomic E-state index is 2.47. The van der Waals surface area contributed by atoms with Crippen LogP contribution in [0.25, 0.3) is 142 Å². The summed E-state index contributed by atoms with van der Waals surface area (Å²) >= 11 is 0. The Balaban J connectivity index is 0.713. The molecule has 18 aromatic carbocycles. The molecule has 0 aliphatic rings. The van der Waals surface area contributed by atoms with Gasteiger partial charge in [0.15, 0.2) is 0 Å². The Morgan fingerprint density at radius 1 is 0.186 bits per heavy atom. The molecule has 97 heavy (non-hydrogen) atoms. The number of aryl methyl sites for hydroxylation is 1. The molecule has 0 atom stereocenters. The lowest BCUT2D eigenvalue weighted by Crippen LogP contribution is -2.11. The van der Waals surface area contributed by atoms with Gasteiger partial charge in [0.1, 0.15) is 0 Å². The second-order valence-electron chi connectivity index (χ2n) is 25.5. The van der Waals surface area contributed by atoms with Crippen LogP contribution in [0.4, 0.5) is 34.1 Å². The third-order valence-electron chi connectivity index (χ3n) is 19.9. The second kappa shape index (κ2) is 24.1. The summed E-state index contributed by atoms with van der Waals surface area (Å²) in [6, 6.07) is 137. The highest BCUT2D eigenvalue weighted by molar-refractivity contribution is 6.24. The third-order valence-corrected chi connectivity index (χ3v) is 19.9. The van der Waals surface area contributed by atoms with E-state index in [-0.39, 0.29) is 0 Å². The second-order valence-corrected chi connectivity index (χ2v) is 25.5. The molecule has 454 valence electrons. The van der Waals surface area contributed by atoms with E-state index in [0.29, 0.717) is 0 Å². The first-order valence-electron chi connectivity index (χ1n) is 33.5. The summed E-state index contributed by atoms with van der Waals surface area (Å²) in [4.78, 5) is 4.90. The van der Waals surface area contributed by atoms with E-state index in [0.717, 1.165) is 34.1 Å². The van der Waals surface area contributed by atoms with Gasteiger partial charge in [-0.2, -0.15) is 0 Å². The Morgan fingerprint density at radius 3 is 1.20 bits per heavy atom. The Hall–Kier alpha value is -12.6. The number of hydrogen-bond acceptors (Lipinski definition) is 2. The zero-order chi connectivity index (χ0) is 64.3. The molecule has 0 saturated heterocycles. The van der Waals surface area contributed by atoms with Gasteiger partial charge in [0.25, 0.3) is 0 Å². The summed E-state index contributed by atoms with van der Waals surface area (Å²) in [6.07, 6.45) is 0. The SMILES string of the molecule is Cc1cc(-c2ccc(-c3ccc(-c4c5ccccc5c(-c5ccc6ccccc6c5)c5ccc(N(c6ccccc6)c6cccc7ccccc67)cc45)cc3)cc2)ccc1-c1c2ccccc2c(N(c2ccc(-c3ccccc3)cc2)c2ccc3ccccc3c2)c2ccccc12. The summed E-state index contributed by atoms with van der Waals surface area (Å²) in [5.74, 6) is 0. The quantitative estimate of drug-likeness (QED) is 0.113. The van der Waals surface area contributed by atoms with Crippen molar-refractivity contribution in [1.82, 2.24) is 0 Å². The van der Waals surface area contributed by atoms with Crippen molar-refractivity contribution in [2.24, 2.45) is 0 Å². The van der Waals surface area contributed by atoms with E-state index < -0.39 is 0 Å². The monoisotopic (exact) mass is 1230 g/mol. The number of fused-ring (bicyclic) bond motifs is 7. The molecule has 0 aromatic heterocycles. The predicted octanol–water partition coefficient (Wildman–Crippen LogP) is 27.0. The van der Waals surface area contributed by atoms with E-state index in [9.17, 15) is 0 Å². The van der Waals surface area contributed by atoms with Crippen molar-refractivity contribution in [3.63, 3.8) is 0 Å². The molecule has 0 N–H and O–H groups in total. The molecule has 0 radical (unpaired) electrons. The molecule has 0 aliphatic heterocycles. The molecule has 18 rings (SSSR count). The Kier molecular flexibility index (Phi) is 14.2. The number of nitrogens with zero attached hydrogens (tertiary/aromatic N) is 2. The van der Waals surface area contributed by atoms with Crippen LogP contribution in [0.15, 0.2) is 370 Å². The Bertz CT molecular complexity index is 5990. The van der Waals surface area contributed by atoms with Crippen molar-refractivity contribution in [2.45, 2.75) is 6.92 Å². The lowest BCUT2D eigenvalue weighted by molar-refractivity contribution is 1.30. The van der Waals surface area contributed by atoms with Gasteiger partial charge >= 0.3 is 0 Å². The fourth-order valence-corrected chi connectivity index (χ4v) is 15.3. The fraction of sp³-hybridized carbons (Fsp3) is 0.0105. The largest absolute Gasteiger partial charge is 0.310 e. The normalized spacial score (nSPS) is 11.6. The van der Waals surface area contributed by atoms with Crippen molar-refractivity contribution in [3.8, 4) is 66.8 Å². The van der Waals surface area contributed by atoms with Crippen molar-refractivity contribution < 1.29 is 0 Å². The summed E-state index contributed by atoms with van der Waals surface area (Å²) < 4.78 is 0. The molecule has 0 heterocycles. The van der Waals surface area contributed by atoms with Gasteiger partial charge in [0.2, 0.25) is 0 Å². The van der Waals surface area contributed by atoms with Crippen LogP contribution in [0.2, 0.25) is 0 Å². The number of benzene rings is 18. The first kappa shape index (κ1) is 57.1. The molecule has 18 aromatic rings. The lowest BCUT2D eigenvalue weighted by atomic mass is 9.85. The molecule has 0 aliphatic carbocycles. The van der Waals surface area contributed by atoms with Crippen LogP contribution < -0.4 is 9.80 Å². The number of anilines is 6. The standard InChI is InChI=1S/C95H64N2/c1-63-59-75(52-57-81(63)94-85-34-16-18-36-88(85)95(89-37-19-17-35-86(89)94)97(79-55-51-66-24-9-11-27-74(66)61-79)78-53-49-69(50-54-78)64-21-4-2-5-22-64)70-41-39-67(40-42-70)68-43-46-72(47-44-68)92-83-32-14-15-33-84(83)93(76-48-45-65-23-8-10-26-73(65)60-76)87-58-56-80(62-90(87)92)96(77-29-6-3-7-30-77)91-38-20-28-71-25-12-13-31-82(71)91/h2-62H,1H3. The van der Waals surface area contributed by atoms with Crippen LogP contribution in [-0.4, -0.2) is 0 Å². The van der Waals surface area contributed by atoms with Crippen molar-refractivity contribution >= 4 is 110 Å². The van der Waals surface area contributed by atoms with Crippen molar-refractivity contribution in [2.75, 3.05) is 9.80 Å². The molecular formula is C95H64N2. The van der Waals surface area contributed by atoms with Crippen molar-refractivity contribution in [3.05, 3.63) is 376 Å². The van der Waals surface area contributed by atoms with Crippen LogP contribution >= 0.6 is 0 Å². The van der Waals surface area contributed by atoms with Crippen molar-refractivity contribution in [1.29, 1.82) is 0 Å². The number of para-hydroxylation sites is 1. The van der Waals surface area contributed by atoms with Gasteiger partial charge < -0.3 is 9.80 Å². The highest BCUT2D eigenvalue weighted by Crippen LogP contribution is 2.51. The van der Waals surface area contributed by atoms with Gasteiger partial charge in [0, 0.05) is 38.9 Å². The fourth-order valence-electron chi connectivity index (χ4n) is 15.3. The highest BCUT2D eigenvalue weighted by Gasteiger charge is 2.25. The van der Waals surface area contributed by atoms with Gasteiger partial charge in [-0.3, -0.25) is 0 Å². The van der Waals surface area contributed by atoms with Gasteiger partial charge in [-0.1, -0.05) is 309 Å². The zero-order valence-corrected chi connectivity index (χ0v) is 53.6. The average Bonchev–Trinajstić information content (AvgIpc) is 0.733. The van der Waals surface area contributed by atoms with E-state index in [1.807, 2.05) is 0 Å². The van der Waals surface area contributed by atoms with E-state index in [2.05, 4.69) is 387 Å². The predicted molar refractivity (Wildman–Crippen MR) is 416 cm³/mol. The number of rotatable bonds is 12. The molecular weight excluding hydrogens is 1170 g/mol. The Morgan fingerprint density at radius 2 is 0.577 bits per heavy atom. The van der Waals surface area contributed by atoms with Gasteiger partial charge in [0.05, 0.1) is 11.4 Å². The van der Waals surface area contributed by atoms with Gasteiger partial charge in [-0.15, -0.1) is 0 Å². The highest BCUT2D eigenvalue weighted by atomic mass is 15.2. The summed E-state index contributed by atoms with van der Waals surface area (Å²) in [7, 11) is 0. The van der Waals surface area contributed by atoms with E-state index >= 15 is 0 Å². The summed E-state index contributed by atoms with van der Waals surface area (Å²) in [5, 5.41) is 16.9. The zero-order valence-electron chi connectivity index (χ0n) is 53.6. The molecule has 0 spiro atoms. The van der Waals surface area contributed by atoms with E-state index in [1.54, 1.807) is 0 Å². The minimum Gasteiger partial charge on any atom is -0.310 e. The van der Waals surface area contributed by atoms with Gasteiger partial charge in [-0.25, -0.2) is 0 Å². The minimum atomic E-state index is 1.09. The van der Waals surface area contributed by atoms with E-state index in [1.165, 1.54) is 148 Å². The third kappa shape index (κ3) is 10.1. The van der Waals surface area contributed by atoms with Crippen LogP contribution in [0.3, 0.4) is 0 Å². The molecule has 2 heteroatoms. The molecule has 2 nitrogen and oxygen atoms in total. The van der Waals surface area contributed by atoms with Crippen LogP contribution in [0.5, 0.6) is 0 Å². The molecule has 0 fully saturated rings. The molecule has 0 unspecified atom stereocenters. The molecule has 0 saturated carbocycles. The Labute approximate surface area is 565 Å². The topological polar surface area (TPSA) is 6.48 Å².